The maximum atomic E-state index is 11.3. The smallest absolute Gasteiger partial charge is 0.237 e. The Kier molecular flexibility index (Phi) is 5.39. The molecule has 0 aliphatic carbocycles. The van der Waals surface area contributed by atoms with E-state index in [9.17, 15) is 4.79 Å². The van der Waals surface area contributed by atoms with Crippen molar-refractivity contribution in [1.82, 2.24) is 9.88 Å². The first-order valence-corrected chi connectivity index (χ1v) is 4.68. The molecule has 86 valence electrons. The second-order valence-electron chi connectivity index (χ2n) is 3.63. The molecule has 1 amide bonds. The number of nitrogens with one attached hydrogen (secondary N) is 1. The zero-order valence-corrected chi connectivity index (χ0v) is 10.0. The Morgan fingerprint density at radius 3 is 2.53 bits per heavy atom. The molecule has 5 heteroatoms. The van der Waals surface area contributed by atoms with Crippen molar-refractivity contribution >= 4 is 18.3 Å². The molecule has 0 radical (unpaired) electrons. The van der Waals surface area contributed by atoms with E-state index in [0.29, 0.717) is 0 Å². The van der Waals surface area contributed by atoms with Crippen molar-refractivity contribution in [3.05, 3.63) is 24.0 Å². The summed E-state index contributed by atoms with van der Waals surface area (Å²) in [6, 6.07) is 1.53. The monoisotopic (exact) mass is 231 g/mol. The van der Waals surface area contributed by atoms with Crippen LogP contribution in [0.5, 0.6) is 0 Å². The summed E-state index contributed by atoms with van der Waals surface area (Å²) >= 11 is 0. The van der Waals surface area contributed by atoms with Gasteiger partial charge in [-0.05, 0) is 25.5 Å². The molecule has 0 fully saturated rings. The summed E-state index contributed by atoms with van der Waals surface area (Å²) in [6.45, 7) is 3.61. The highest BCUT2D eigenvalue weighted by Gasteiger charge is 2.12. The van der Waals surface area contributed by atoms with E-state index >= 15 is 0 Å². The van der Waals surface area contributed by atoms with Gasteiger partial charge in [-0.1, -0.05) is 0 Å². The minimum Gasteiger partial charge on any atom is -0.357 e. The Balaban J connectivity index is 0.00000196. The van der Waals surface area contributed by atoms with Gasteiger partial charge < -0.3 is 15.6 Å². The van der Waals surface area contributed by atoms with Gasteiger partial charge in [-0.2, -0.15) is 0 Å². The Morgan fingerprint density at radius 2 is 2.13 bits per heavy atom. The summed E-state index contributed by atoms with van der Waals surface area (Å²) < 4.78 is 1.95. The molecule has 1 heterocycles. The molecule has 0 bridgehead atoms. The summed E-state index contributed by atoms with van der Waals surface area (Å²) in [5.41, 5.74) is 6.53. The Morgan fingerprint density at radius 1 is 1.53 bits per heavy atom. The highest BCUT2D eigenvalue weighted by molar-refractivity contribution is 5.85. The number of rotatable bonds is 3. The lowest BCUT2D eigenvalue weighted by atomic mass is 10.1. The van der Waals surface area contributed by atoms with Crippen LogP contribution in [0.2, 0.25) is 0 Å². The number of nitrogens with zero attached hydrogens (tertiary/aromatic N) is 1. The summed E-state index contributed by atoms with van der Waals surface area (Å²) in [4.78, 5) is 11.3. The number of hydrogen-bond donors (Lipinski definition) is 2. The average Bonchev–Trinajstić information content (AvgIpc) is 2.51. The van der Waals surface area contributed by atoms with Crippen LogP contribution in [0.1, 0.15) is 25.5 Å². The van der Waals surface area contributed by atoms with Crippen LogP contribution in [0.15, 0.2) is 18.5 Å². The molecule has 0 aromatic carbocycles. The number of aromatic nitrogens is 1. The quantitative estimate of drug-likeness (QED) is 0.815. The van der Waals surface area contributed by atoms with Gasteiger partial charge in [0.1, 0.15) is 0 Å². The van der Waals surface area contributed by atoms with E-state index in [0.717, 1.165) is 5.56 Å². The number of hydrogen-bond acceptors (Lipinski definition) is 2. The summed E-state index contributed by atoms with van der Waals surface area (Å²) in [7, 11) is 1.95. The second kappa shape index (κ2) is 5.78. The number of amides is 1. The predicted molar refractivity (Wildman–Crippen MR) is 62.9 cm³/mol. The number of carbonyl (C=O) groups excluding carboxylic acids is 1. The lowest BCUT2D eigenvalue weighted by Crippen LogP contribution is -2.39. The third-order valence-electron chi connectivity index (χ3n) is 2.13. The van der Waals surface area contributed by atoms with Crippen molar-refractivity contribution in [3.63, 3.8) is 0 Å². The lowest BCUT2D eigenvalue weighted by Gasteiger charge is -2.14. The molecule has 0 aliphatic heterocycles. The number of halogens is 1. The van der Waals surface area contributed by atoms with E-state index in [4.69, 9.17) is 5.73 Å². The van der Waals surface area contributed by atoms with Crippen LogP contribution in [0.25, 0.3) is 0 Å². The zero-order chi connectivity index (χ0) is 10.7. The molecule has 0 saturated carbocycles. The largest absolute Gasteiger partial charge is 0.357 e. The standard InChI is InChI=1S/C10H17N3O.ClH/c1-7(11)10(14)12-8(2)9-4-5-13(3)6-9;/h4-8H,11H2,1-3H3,(H,12,14);1H/t7-,8?;/m1./s1. The first-order valence-electron chi connectivity index (χ1n) is 4.68. The molecule has 0 aliphatic rings. The van der Waals surface area contributed by atoms with Gasteiger partial charge in [0, 0.05) is 19.4 Å². The van der Waals surface area contributed by atoms with Crippen LogP contribution >= 0.6 is 12.4 Å². The maximum Gasteiger partial charge on any atom is 0.237 e. The van der Waals surface area contributed by atoms with Crippen LogP contribution in [-0.2, 0) is 11.8 Å². The highest BCUT2D eigenvalue weighted by atomic mass is 35.5. The minimum absolute atomic E-state index is 0. The van der Waals surface area contributed by atoms with Crippen LogP contribution in [0.3, 0.4) is 0 Å². The van der Waals surface area contributed by atoms with Gasteiger partial charge in [-0.25, -0.2) is 0 Å². The third-order valence-corrected chi connectivity index (χ3v) is 2.13. The molecule has 1 rings (SSSR count). The van der Waals surface area contributed by atoms with E-state index in [-0.39, 0.29) is 24.4 Å². The van der Waals surface area contributed by atoms with Gasteiger partial charge in [0.05, 0.1) is 12.1 Å². The minimum atomic E-state index is -0.457. The molecule has 0 saturated heterocycles. The second-order valence-corrected chi connectivity index (χ2v) is 3.63. The van der Waals surface area contributed by atoms with Crippen LogP contribution in [-0.4, -0.2) is 16.5 Å². The molecule has 1 aromatic heterocycles. The van der Waals surface area contributed by atoms with E-state index in [1.807, 2.05) is 37.0 Å². The molecule has 3 N–H and O–H groups in total. The van der Waals surface area contributed by atoms with Crippen molar-refractivity contribution in [2.24, 2.45) is 12.8 Å². The zero-order valence-electron chi connectivity index (χ0n) is 9.23. The Bertz CT molecular complexity index is 322. The van der Waals surface area contributed by atoms with Gasteiger partial charge >= 0.3 is 0 Å². The van der Waals surface area contributed by atoms with E-state index in [1.54, 1.807) is 6.92 Å². The molecule has 1 aromatic rings. The fourth-order valence-electron chi connectivity index (χ4n) is 1.21. The average molecular weight is 232 g/mol. The fourth-order valence-corrected chi connectivity index (χ4v) is 1.21. The van der Waals surface area contributed by atoms with Crippen molar-refractivity contribution in [2.75, 3.05) is 0 Å². The van der Waals surface area contributed by atoms with E-state index < -0.39 is 6.04 Å². The molecule has 4 nitrogen and oxygen atoms in total. The van der Waals surface area contributed by atoms with Gasteiger partial charge in [-0.3, -0.25) is 4.79 Å². The summed E-state index contributed by atoms with van der Waals surface area (Å²) in [5.74, 6) is -0.124. The van der Waals surface area contributed by atoms with Crippen molar-refractivity contribution in [2.45, 2.75) is 25.9 Å². The van der Waals surface area contributed by atoms with Crippen LogP contribution < -0.4 is 11.1 Å². The first kappa shape index (κ1) is 14.0. The van der Waals surface area contributed by atoms with Crippen molar-refractivity contribution in [3.8, 4) is 0 Å². The number of carbonyl (C=O) groups is 1. The Labute approximate surface area is 96.2 Å². The molecular weight excluding hydrogens is 214 g/mol. The van der Waals surface area contributed by atoms with Gasteiger partial charge in [0.2, 0.25) is 5.91 Å². The molecule has 0 spiro atoms. The van der Waals surface area contributed by atoms with Gasteiger partial charge in [0.25, 0.3) is 0 Å². The normalized spacial score (nSPS) is 13.9. The van der Waals surface area contributed by atoms with E-state index in [2.05, 4.69) is 5.32 Å². The number of nitrogens with two attached hydrogens (primary N) is 1. The fraction of sp³-hybridized carbons (Fsp3) is 0.500. The van der Waals surface area contributed by atoms with Crippen molar-refractivity contribution < 1.29 is 4.79 Å². The van der Waals surface area contributed by atoms with E-state index in [1.165, 1.54) is 0 Å². The van der Waals surface area contributed by atoms with Gasteiger partial charge in [-0.15, -0.1) is 12.4 Å². The molecule has 1 unspecified atom stereocenters. The summed E-state index contributed by atoms with van der Waals surface area (Å²) in [6.07, 6.45) is 3.93. The Hall–Kier alpha value is -1.00. The topological polar surface area (TPSA) is 60.1 Å². The maximum absolute atomic E-state index is 11.3. The molecule has 15 heavy (non-hydrogen) atoms. The lowest BCUT2D eigenvalue weighted by molar-refractivity contribution is -0.122. The molecular formula is C10H18ClN3O. The van der Waals surface area contributed by atoms with Gasteiger partial charge in [0.15, 0.2) is 0 Å². The van der Waals surface area contributed by atoms with Crippen molar-refractivity contribution in [1.29, 1.82) is 0 Å². The van der Waals surface area contributed by atoms with Crippen LogP contribution in [0, 0.1) is 0 Å². The number of aryl methyl sites for hydroxylation is 1. The highest BCUT2D eigenvalue weighted by Crippen LogP contribution is 2.11. The molecule has 2 atom stereocenters. The predicted octanol–water partition coefficient (Wildman–Crippen LogP) is 0.971. The summed E-state index contributed by atoms with van der Waals surface area (Å²) in [5, 5.41) is 2.83. The third kappa shape index (κ3) is 3.93. The van der Waals surface area contributed by atoms with Crippen LogP contribution in [0.4, 0.5) is 0 Å². The SMILES string of the molecule is CC(NC(=O)[C@@H](C)N)c1ccn(C)c1.Cl. The first-order chi connectivity index (χ1) is 6.50.